The predicted octanol–water partition coefficient (Wildman–Crippen LogP) is 3.77. The van der Waals surface area contributed by atoms with Crippen LogP contribution >= 0.6 is 11.6 Å². The number of aromatic nitrogens is 1. The molecule has 1 N–H and O–H groups in total. The fourth-order valence-corrected chi connectivity index (χ4v) is 3.03. The van der Waals surface area contributed by atoms with E-state index in [0.717, 1.165) is 41.9 Å². The number of hydrogen-bond donors (Lipinski definition) is 1. The second-order valence-electron chi connectivity index (χ2n) is 5.19. The van der Waals surface area contributed by atoms with Gasteiger partial charge in [0.1, 0.15) is 0 Å². The second-order valence-corrected chi connectivity index (χ2v) is 5.62. The number of piperidine rings is 1. The highest BCUT2D eigenvalue weighted by atomic mass is 35.5. The van der Waals surface area contributed by atoms with Crippen molar-refractivity contribution >= 4 is 28.6 Å². The van der Waals surface area contributed by atoms with Crippen LogP contribution in [0.3, 0.4) is 0 Å². The number of likely N-dealkylation sites (tertiary alicyclic amines) is 1. The number of ether oxygens (including phenoxy) is 1. The van der Waals surface area contributed by atoms with Crippen LogP contribution in [0.5, 0.6) is 0 Å². The molecule has 0 aliphatic carbocycles. The van der Waals surface area contributed by atoms with Crippen LogP contribution in [0.15, 0.2) is 24.3 Å². The molecule has 1 aliphatic rings. The summed E-state index contributed by atoms with van der Waals surface area (Å²) >= 11 is 6.01. The Labute approximate surface area is 122 Å². The molecule has 20 heavy (non-hydrogen) atoms. The van der Waals surface area contributed by atoms with Crippen LogP contribution < -0.4 is 0 Å². The molecule has 1 fully saturated rings. The number of carbonyl (C=O) groups is 1. The quantitative estimate of drug-likeness (QED) is 0.869. The van der Waals surface area contributed by atoms with Crippen LogP contribution in [-0.4, -0.2) is 36.2 Å². The van der Waals surface area contributed by atoms with Gasteiger partial charge >= 0.3 is 6.09 Å². The maximum Gasteiger partial charge on any atom is 0.409 e. The van der Waals surface area contributed by atoms with Crippen LogP contribution in [0.2, 0.25) is 5.02 Å². The molecular weight excluding hydrogens is 276 g/mol. The Morgan fingerprint density at radius 1 is 1.35 bits per heavy atom. The smallest absolute Gasteiger partial charge is 0.409 e. The van der Waals surface area contributed by atoms with E-state index in [4.69, 9.17) is 16.3 Å². The predicted molar refractivity (Wildman–Crippen MR) is 79.3 cm³/mol. The van der Waals surface area contributed by atoms with Gasteiger partial charge in [0.05, 0.1) is 7.11 Å². The Balaban J connectivity index is 1.75. The van der Waals surface area contributed by atoms with E-state index in [1.807, 2.05) is 18.2 Å². The molecule has 1 aliphatic heterocycles. The molecular formula is C15H17ClN2O2. The average molecular weight is 293 g/mol. The zero-order valence-corrected chi connectivity index (χ0v) is 12.1. The minimum absolute atomic E-state index is 0.230. The van der Waals surface area contributed by atoms with Gasteiger partial charge < -0.3 is 14.6 Å². The largest absolute Gasteiger partial charge is 0.453 e. The molecule has 1 aromatic heterocycles. The van der Waals surface area contributed by atoms with E-state index in [-0.39, 0.29) is 6.09 Å². The molecule has 1 amide bonds. The second kappa shape index (κ2) is 5.37. The summed E-state index contributed by atoms with van der Waals surface area (Å²) in [6.45, 7) is 1.49. The third-order valence-corrected chi connectivity index (χ3v) is 4.21. The third-order valence-electron chi connectivity index (χ3n) is 3.97. The van der Waals surface area contributed by atoms with Gasteiger partial charge in [0.2, 0.25) is 0 Å². The van der Waals surface area contributed by atoms with E-state index in [2.05, 4.69) is 11.1 Å². The van der Waals surface area contributed by atoms with Gasteiger partial charge in [0.25, 0.3) is 0 Å². The first kappa shape index (κ1) is 13.3. The van der Waals surface area contributed by atoms with Gasteiger partial charge in [0, 0.05) is 40.6 Å². The van der Waals surface area contributed by atoms with Crippen LogP contribution in [0.4, 0.5) is 4.79 Å². The molecule has 4 nitrogen and oxygen atoms in total. The highest BCUT2D eigenvalue weighted by Gasteiger charge is 2.25. The van der Waals surface area contributed by atoms with Gasteiger partial charge in [-0.3, -0.25) is 0 Å². The van der Waals surface area contributed by atoms with E-state index in [9.17, 15) is 4.79 Å². The van der Waals surface area contributed by atoms with E-state index >= 15 is 0 Å². The van der Waals surface area contributed by atoms with Gasteiger partial charge in [-0.15, -0.1) is 0 Å². The molecule has 5 heteroatoms. The average Bonchev–Trinajstić information content (AvgIpc) is 2.89. The summed E-state index contributed by atoms with van der Waals surface area (Å²) in [5.41, 5.74) is 2.34. The Morgan fingerprint density at radius 3 is 2.80 bits per heavy atom. The fourth-order valence-electron chi connectivity index (χ4n) is 2.85. The molecule has 0 spiro atoms. The summed E-state index contributed by atoms with van der Waals surface area (Å²) in [4.78, 5) is 16.7. The van der Waals surface area contributed by atoms with Gasteiger partial charge in [-0.05, 0) is 37.1 Å². The number of amides is 1. The molecule has 2 heterocycles. The minimum Gasteiger partial charge on any atom is -0.453 e. The maximum atomic E-state index is 11.5. The van der Waals surface area contributed by atoms with Gasteiger partial charge in [-0.1, -0.05) is 11.6 Å². The normalized spacial score (nSPS) is 16.6. The van der Waals surface area contributed by atoms with Crippen LogP contribution in [0.1, 0.15) is 24.5 Å². The summed E-state index contributed by atoms with van der Waals surface area (Å²) in [5.74, 6) is 0.460. The fraction of sp³-hybridized carbons (Fsp3) is 0.400. The van der Waals surface area contributed by atoms with Crippen LogP contribution in [-0.2, 0) is 4.74 Å². The number of H-pyrrole nitrogens is 1. The van der Waals surface area contributed by atoms with E-state index < -0.39 is 0 Å². The molecule has 0 unspecified atom stereocenters. The Bertz CT molecular complexity index is 630. The van der Waals surface area contributed by atoms with Crippen LogP contribution in [0, 0.1) is 0 Å². The molecule has 0 saturated carbocycles. The van der Waals surface area contributed by atoms with Crippen molar-refractivity contribution in [3.63, 3.8) is 0 Å². The van der Waals surface area contributed by atoms with E-state index in [1.54, 1.807) is 4.90 Å². The summed E-state index contributed by atoms with van der Waals surface area (Å²) in [6, 6.07) is 8.04. The number of rotatable bonds is 1. The zero-order chi connectivity index (χ0) is 14.1. The van der Waals surface area contributed by atoms with Crippen molar-refractivity contribution in [1.82, 2.24) is 9.88 Å². The van der Waals surface area contributed by atoms with Crippen LogP contribution in [0.25, 0.3) is 10.9 Å². The molecule has 0 radical (unpaired) electrons. The summed E-state index contributed by atoms with van der Waals surface area (Å²) in [5, 5.41) is 1.89. The number of methoxy groups -OCH3 is 1. The van der Waals surface area contributed by atoms with Crippen molar-refractivity contribution in [3.05, 3.63) is 35.0 Å². The number of halogens is 1. The van der Waals surface area contributed by atoms with E-state index in [1.165, 1.54) is 12.8 Å². The molecule has 1 saturated heterocycles. The van der Waals surface area contributed by atoms with Crippen molar-refractivity contribution in [3.8, 4) is 0 Å². The van der Waals surface area contributed by atoms with Crippen molar-refractivity contribution in [2.45, 2.75) is 18.8 Å². The number of fused-ring (bicyclic) bond motifs is 1. The molecule has 0 bridgehead atoms. The first-order valence-corrected chi connectivity index (χ1v) is 7.16. The monoisotopic (exact) mass is 292 g/mol. The number of benzene rings is 1. The number of hydrogen-bond acceptors (Lipinski definition) is 2. The van der Waals surface area contributed by atoms with E-state index in [0.29, 0.717) is 5.92 Å². The number of aromatic amines is 1. The van der Waals surface area contributed by atoms with Gasteiger partial charge in [-0.25, -0.2) is 4.79 Å². The lowest BCUT2D eigenvalue weighted by atomic mass is 9.94. The molecule has 0 atom stereocenters. The van der Waals surface area contributed by atoms with Crippen molar-refractivity contribution in [2.24, 2.45) is 0 Å². The Morgan fingerprint density at radius 2 is 2.10 bits per heavy atom. The topological polar surface area (TPSA) is 45.3 Å². The van der Waals surface area contributed by atoms with Crippen molar-refractivity contribution in [1.29, 1.82) is 0 Å². The van der Waals surface area contributed by atoms with Gasteiger partial charge in [0.15, 0.2) is 0 Å². The summed E-state index contributed by atoms with van der Waals surface area (Å²) in [7, 11) is 1.43. The first-order valence-electron chi connectivity index (χ1n) is 6.78. The lowest BCUT2D eigenvalue weighted by Gasteiger charge is -2.30. The molecule has 1 aromatic carbocycles. The summed E-state index contributed by atoms with van der Waals surface area (Å²) < 4.78 is 4.76. The third kappa shape index (κ3) is 2.48. The Hall–Kier alpha value is -1.68. The Kier molecular flexibility index (Phi) is 3.57. The lowest BCUT2D eigenvalue weighted by molar-refractivity contribution is 0.112. The highest BCUT2D eigenvalue weighted by Crippen LogP contribution is 2.30. The number of nitrogens with one attached hydrogen (secondary N) is 1. The standard InChI is InChI=1S/C15H17ClN2O2/c1-20-15(19)18-6-4-10(5-7-18)14-9-11-8-12(16)2-3-13(11)17-14/h2-3,8-10,17H,4-7H2,1H3. The van der Waals surface area contributed by atoms with Crippen molar-refractivity contribution < 1.29 is 9.53 Å². The summed E-state index contributed by atoms with van der Waals surface area (Å²) in [6.07, 6.45) is 1.68. The van der Waals surface area contributed by atoms with Gasteiger partial charge in [-0.2, -0.15) is 0 Å². The SMILES string of the molecule is COC(=O)N1CCC(c2cc3cc(Cl)ccc3[nH]2)CC1. The number of nitrogens with zero attached hydrogens (tertiary/aromatic N) is 1. The highest BCUT2D eigenvalue weighted by molar-refractivity contribution is 6.31. The first-order chi connectivity index (χ1) is 9.67. The molecule has 106 valence electrons. The van der Waals surface area contributed by atoms with Crippen molar-refractivity contribution in [2.75, 3.05) is 20.2 Å². The molecule has 2 aromatic rings. The minimum atomic E-state index is -0.230. The lowest BCUT2D eigenvalue weighted by Crippen LogP contribution is -2.37. The maximum absolute atomic E-state index is 11.5. The molecule has 3 rings (SSSR count). The zero-order valence-electron chi connectivity index (χ0n) is 11.4. The number of carbonyl (C=O) groups excluding carboxylic acids is 1.